The summed E-state index contributed by atoms with van der Waals surface area (Å²) in [5, 5.41) is 2.68. The van der Waals surface area contributed by atoms with Gasteiger partial charge in [0.25, 0.3) is 5.91 Å². The summed E-state index contributed by atoms with van der Waals surface area (Å²) in [6.45, 7) is 2.37. The lowest BCUT2D eigenvalue weighted by molar-refractivity contribution is -0.125. The topological polar surface area (TPSA) is 83.4 Å². The standard InChI is InChI=1S/C17H22N6O2/c1-18-16(24)14-10-21(2)7-8-22(11-14)17(25)13-3-4-15(20-9-13)23-6-5-19-12-23/h3-6,9,12,14H,7-8,10-11H2,1-2H3,(H,18,24)/t14-/m0/s1. The molecule has 1 fully saturated rings. The molecule has 132 valence electrons. The second kappa shape index (κ2) is 7.43. The Hall–Kier alpha value is -2.74. The van der Waals surface area contributed by atoms with Crippen LogP contribution in [0.1, 0.15) is 10.4 Å². The van der Waals surface area contributed by atoms with Crippen molar-refractivity contribution >= 4 is 11.8 Å². The predicted molar refractivity (Wildman–Crippen MR) is 92.3 cm³/mol. The summed E-state index contributed by atoms with van der Waals surface area (Å²) in [6.07, 6.45) is 6.69. The van der Waals surface area contributed by atoms with Crippen LogP contribution in [0.25, 0.3) is 5.82 Å². The number of aromatic nitrogens is 3. The Morgan fingerprint density at radius 2 is 2.08 bits per heavy atom. The first-order valence-corrected chi connectivity index (χ1v) is 8.22. The van der Waals surface area contributed by atoms with E-state index in [1.807, 2.05) is 7.05 Å². The Labute approximate surface area is 146 Å². The molecule has 3 rings (SSSR count). The van der Waals surface area contributed by atoms with Crippen molar-refractivity contribution in [3.63, 3.8) is 0 Å². The van der Waals surface area contributed by atoms with Gasteiger partial charge in [-0.05, 0) is 19.2 Å². The van der Waals surface area contributed by atoms with Gasteiger partial charge in [-0.1, -0.05) is 0 Å². The van der Waals surface area contributed by atoms with Gasteiger partial charge in [0.15, 0.2) is 0 Å². The number of likely N-dealkylation sites (N-methyl/N-ethyl adjacent to an activating group) is 1. The molecule has 1 aliphatic rings. The summed E-state index contributed by atoms with van der Waals surface area (Å²) < 4.78 is 1.77. The van der Waals surface area contributed by atoms with Crippen molar-refractivity contribution in [3.8, 4) is 5.82 Å². The van der Waals surface area contributed by atoms with E-state index in [1.165, 1.54) is 0 Å². The fourth-order valence-electron chi connectivity index (χ4n) is 2.97. The molecule has 0 bridgehead atoms. The Bertz CT molecular complexity index is 728. The monoisotopic (exact) mass is 342 g/mol. The van der Waals surface area contributed by atoms with Gasteiger partial charge in [-0.3, -0.25) is 14.2 Å². The fraction of sp³-hybridized carbons (Fsp3) is 0.412. The third kappa shape index (κ3) is 3.85. The molecule has 0 aromatic carbocycles. The fourth-order valence-corrected chi connectivity index (χ4v) is 2.97. The van der Waals surface area contributed by atoms with Gasteiger partial charge in [-0.25, -0.2) is 9.97 Å². The molecule has 0 aliphatic carbocycles. The molecule has 1 saturated heterocycles. The zero-order valence-corrected chi connectivity index (χ0v) is 14.4. The summed E-state index contributed by atoms with van der Waals surface area (Å²) >= 11 is 0. The molecular weight excluding hydrogens is 320 g/mol. The van der Waals surface area contributed by atoms with Crippen LogP contribution in [0, 0.1) is 5.92 Å². The van der Waals surface area contributed by atoms with Gasteiger partial charge < -0.3 is 15.1 Å². The van der Waals surface area contributed by atoms with Gasteiger partial charge in [0.05, 0.1) is 11.5 Å². The number of imidazole rings is 1. The Kier molecular flexibility index (Phi) is 5.08. The summed E-state index contributed by atoms with van der Waals surface area (Å²) in [6, 6.07) is 3.54. The van der Waals surface area contributed by atoms with Gasteiger partial charge in [-0.15, -0.1) is 0 Å². The van der Waals surface area contributed by atoms with Crippen molar-refractivity contribution in [1.29, 1.82) is 0 Å². The van der Waals surface area contributed by atoms with Crippen LogP contribution in [0.5, 0.6) is 0 Å². The predicted octanol–water partition coefficient (Wildman–Crippen LogP) is 0.0171. The first kappa shape index (κ1) is 17.1. The number of pyridine rings is 1. The van der Waals surface area contributed by atoms with Crippen molar-refractivity contribution in [2.75, 3.05) is 40.3 Å². The van der Waals surface area contributed by atoms with E-state index in [0.717, 1.165) is 6.54 Å². The molecule has 0 spiro atoms. The van der Waals surface area contributed by atoms with E-state index < -0.39 is 0 Å². The number of hydrogen-bond acceptors (Lipinski definition) is 5. The van der Waals surface area contributed by atoms with Crippen LogP contribution in [0.2, 0.25) is 0 Å². The van der Waals surface area contributed by atoms with E-state index in [0.29, 0.717) is 31.0 Å². The molecule has 8 heteroatoms. The first-order chi connectivity index (χ1) is 12.1. The highest BCUT2D eigenvalue weighted by Crippen LogP contribution is 2.13. The average Bonchev–Trinajstić information content (AvgIpc) is 3.10. The maximum Gasteiger partial charge on any atom is 0.255 e. The number of carbonyl (C=O) groups excluding carboxylic acids is 2. The van der Waals surface area contributed by atoms with E-state index in [2.05, 4.69) is 20.2 Å². The lowest BCUT2D eigenvalue weighted by atomic mass is 10.1. The average molecular weight is 342 g/mol. The van der Waals surface area contributed by atoms with Crippen molar-refractivity contribution in [3.05, 3.63) is 42.6 Å². The second-order valence-electron chi connectivity index (χ2n) is 6.20. The number of carbonyl (C=O) groups is 2. The molecular formula is C17H22N6O2. The molecule has 25 heavy (non-hydrogen) atoms. The Morgan fingerprint density at radius 3 is 2.72 bits per heavy atom. The van der Waals surface area contributed by atoms with Gasteiger partial charge in [0.2, 0.25) is 5.91 Å². The summed E-state index contributed by atoms with van der Waals surface area (Å²) in [7, 11) is 3.59. The van der Waals surface area contributed by atoms with E-state index >= 15 is 0 Å². The molecule has 0 saturated carbocycles. The molecule has 0 radical (unpaired) electrons. The van der Waals surface area contributed by atoms with Gasteiger partial charge in [0, 0.05) is 51.8 Å². The van der Waals surface area contributed by atoms with Crippen molar-refractivity contribution in [2.24, 2.45) is 5.92 Å². The summed E-state index contributed by atoms with van der Waals surface area (Å²) in [5.74, 6) is 0.321. The van der Waals surface area contributed by atoms with Crippen molar-refractivity contribution in [2.45, 2.75) is 0 Å². The molecule has 2 aromatic heterocycles. The number of nitrogens with one attached hydrogen (secondary N) is 1. The SMILES string of the molecule is CNC(=O)[C@H]1CN(C)CCN(C(=O)c2ccc(-n3ccnc3)nc2)C1. The maximum absolute atomic E-state index is 12.8. The summed E-state index contributed by atoms with van der Waals surface area (Å²) in [5.41, 5.74) is 0.518. The molecule has 2 amide bonds. The van der Waals surface area contributed by atoms with Crippen LogP contribution in [-0.4, -0.2) is 76.4 Å². The van der Waals surface area contributed by atoms with Gasteiger partial charge in [-0.2, -0.15) is 0 Å². The molecule has 1 atom stereocenters. The Balaban J connectivity index is 1.75. The molecule has 0 unspecified atom stereocenters. The second-order valence-corrected chi connectivity index (χ2v) is 6.20. The van der Waals surface area contributed by atoms with E-state index in [1.54, 1.807) is 53.6 Å². The van der Waals surface area contributed by atoms with Crippen LogP contribution in [0.3, 0.4) is 0 Å². The third-order valence-electron chi connectivity index (χ3n) is 4.39. The first-order valence-electron chi connectivity index (χ1n) is 8.22. The van der Waals surface area contributed by atoms with Crippen molar-refractivity contribution < 1.29 is 9.59 Å². The molecule has 3 heterocycles. The number of rotatable bonds is 3. The smallest absolute Gasteiger partial charge is 0.255 e. The van der Waals surface area contributed by atoms with Crippen LogP contribution < -0.4 is 5.32 Å². The van der Waals surface area contributed by atoms with Crippen LogP contribution in [0.4, 0.5) is 0 Å². The van der Waals surface area contributed by atoms with Gasteiger partial charge >= 0.3 is 0 Å². The minimum Gasteiger partial charge on any atom is -0.359 e. The normalized spacial score (nSPS) is 18.6. The molecule has 2 aromatic rings. The Morgan fingerprint density at radius 1 is 1.24 bits per heavy atom. The van der Waals surface area contributed by atoms with Gasteiger partial charge in [0.1, 0.15) is 12.1 Å². The minimum absolute atomic E-state index is 0.0415. The zero-order valence-electron chi connectivity index (χ0n) is 14.4. The van der Waals surface area contributed by atoms with E-state index in [4.69, 9.17) is 0 Å². The highest BCUT2D eigenvalue weighted by atomic mass is 16.2. The van der Waals surface area contributed by atoms with E-state index in [9.17, 15) is 9.59 Å². The lowest BCUT2D eigenvalue weighted by Crippen LogP contribution is -2.41. The van der Waals surface area contributed by atoms with Crippen LogP contribution >= 0.6 is 0 Å². The number of hydrogen-bond donors (Lipinski definition) is 1. The molecule has 1 aliphatic heterocycles. The van der Waals surface area contributed by atoms with E-state index in [-0.39, 0.29) is 17.7 Å². The lowest BCUT2D eigenvalue weighted by Gasteiger charge is -2.23. The van der Waals surface area contributed by atoms with Crippen LogP contribution in [0.15, 0.2) is 37.1 Å². The molecule has 1 N–H and O–H groups in total. The van der Waals surface area contributed by atoms with Crippen LogP contribution in [-0.2, 0) is 4.79 Å². The number of amides is 2. The highest BCUT2D eigenvalue weighted by Gasteiger charge is 2.28. The largest absolute Gasteiger partial charge is 0.359 e. The third-order valence-corrected chi connectivity index (χ3v) is 4.39. The quantitative estimate of drug-likeness (QED) is 0.850. The summed E-state index contributed by atoms with van der Waals surface area (Å²) in [4.78, 5) is 37.0. The number of nitrogens with zero attached hydrogens (tertiary/aromatic N) is 5. The molecule has 8 nitrogen and oxygen atoms in total. The highest BCUT2D eigenvalue weighted by molar-refractivity contribution is 5.94. The minimum atomic E-state index is -0.236. The maximum atomic E-state index is 12.8. The van der Waals surface area contributed by atoms with Crippen molar-refractivity contribution in [1.82, 2.24) is 29.7 Å². The zero-order chi connectivity index (χ0) is 17.8.